The van der Waals surface area contributed by atoms with Crippen LogP contribution in [0.15, 0.2) is 28.7 Å². The molecule has 1 aromatic carbocycles. The number of ether oxygens (including phenoxy) is 1. The van der Waals surface area contributed by atoms with Gasteiger partial charge in [0.1, 0.15) is 18.1 Å². The highest BCUT2D eigenvalue weighted by molar-refractivity contribution is 7.80. The number of likely N-dealkylation sites (tertiary alicyclic amines) is 1. The molecule has 16 nitrogen and oxygen atoms in total. The number of benzene rings is 1. The summed E-state index contributed by atoms with van der Waals surface area (Å²) in [6.45, 7) is 6.86. The minimum Gasteiger partial charge on any atom is -0.490 e. The number of β-lactam (4-membered cyclic amide) rings is 1. The molecule has 1 amide bonds. The number of nitrogens with one attached hydrogen (secondary N) is 1. The molecule has 2 unspecified atom stereocenters. The molecule has 2 aromatic rings. The van der Waals surface area contributed by atoms with Crippen LogP contribution in [0.5, 0.6) is 5.75 Å². The largest absolute Gasteiger partial charge is 0.490 e. The lowest BCUT2D eigenvalue weighted by Crippen LogP contribution is -2.68. The Morgan fingerprint density at radius 3 is 2.67 bits per heavy atom. The number of guanidine groups is 1. The van der Waals surface area contributed by atoms with Gasteiger partial charge in [0, 0.05) is 38.0 Å². The molecule has 2 fully saturated rings. The topological polar surface area (TPSA) is 227 Å². The van der Waals surface area contributed by atoms with E-state index in [1.807, 2.05) is 18.2 Å². The van der Waals surface area contributed by atoms with Gasteiger partial charge in [0.2, 0.25) is 0 Å². The highest BCUT2D eigenvalue weighted by Gasteiger charge is 2.57. The van der Waals surface area contributed by atoms with Gasteiger partial charge in [0.05, 0.1) is 11.5 Å². The number of thiazole rings is 1. The maximum absolute atomic E-state index is 13.2. The molecule has 0 radical (unpaired) electrons. The van der Waals surface area contributed by atoms with Crippen LogP contribution < -0.4 is 16.2 Å². The molecule has 0 aliphatic carbocycles. The van der Waals surface area contributed by atoms with Gasteiger partial charge in [-0.1, -0.05) is 11.2 Å². The first-order chi connectivity index (χ1) is 21.8. The van der Waals surface area contributed by atoms with Gasteiger partial charge < -0.3 is 30.8 Å². The predicted octanol–water partition coefficient (Wildman–Crippen LogP) is 1.03. The van der Waals surface area contributed by atoms with Crippen LogP contribution in [-0.2, 0) is 42.1 Å². The maximum Gasteiger partial charge on any atom is 0.418 e. The van der Waals surface area contributed by atoms with E-state index in [0.717, 1.165) is 54.9 Å². The summed E-state index contributed by atoms with van der Waals surface area (Å²) < 4.78 is 41.4. The number of carbonyl (C=O) groups excluding carboxylic acids is 2. The molecule has 18 heteroatoms. The number of hydrogen-bond donors (Lipinski definition) is 4. The van der Waals surface area contributed by atoms with Crippen molar-refractivity contribution in [3.8, 4) is 5.75 Å². The number of Topliss-reactive ketones (excluding diaryl/α,β-unsaturated/α-hetero) is 1. The van der Waals surface area contributed by atoms with Crippen molar-refractivity contribution in [2.24, 2.45) is 22.7 Å². The van der Waals surface area contributed by atoms with E-state index >= 15 is 0 Å². The van der Waals surface area contributed by atoms with Gasteiger partial charge >= 0.3 is 10.4 Å². The summed E-state index contributed by atoms with van der Waals surface area (Å²) in [5, 5.41) is 14.9. The number of amides is 1. The second-order valence-electron chi connectivity index (χ2n) is 11.9. The molecule has 0 bridgehead atoms. The standard InChI is InChI=1S/C28H38N8O8S2/c1-28(2)21(25(38)36(28)44-46(39,40)41)12-23(37)24(22-16-45-26(30)32-22)33-43-10-9-42-20-4-3-19-15-35(8-6-18(19)11-20)27(31)34-7-5-17(13-29)14-34/h3-4,11,16-17,21,31H,5-10,12-15,29H2,1-2H3,(H2,30,32)(H,39,40,41)/b31-27?,33-24-. The van der Waals surface area contributed by atoms with E-state index in [1.165, 1.54) is 19.2 Å². The first-order valence-electron chi connectivity index (χ1n) is 14.8. The van der Waals surface area contributed by atoms with Gasteiger partial charge in [-0.25, -0.2) is 4.98 Å². The molecule has 46 heavy (non-hydrogen) atoms. The predicted molar refractivity (Wildman–Crippen MR) is 168 cm³/mol. The van der Waals surface area contributed by atoms with E-state index < -0.39 is 33.5 Å². The molecule has 0 spiro atoms. The molecule has 3 aliphatic rings. The van der Waals surface area contributed by atoms with Crippen LogP contribution in [0.1, 0.15) is 43.5 Å². The number of oxime groups is 1. The number of ketones is 1. The zero-order valence-electron chi connectivity index (χ0n) is 25.5. The third kappa shape index (κ3) is 7.41. The van der Waals surface area contributed by atoms with E-state index in [-0.39, 0.29) is 36.2 Å². The van der Waals surface area contributed by atoms with Crippen molar-refractivity contribution in [3.63, 3.8) is 0 Å². The van der Waals surface area contributed by atoms with Crippen molar-refractivity contribution in [2.75, 3.05) is 45.1 Å². The summed E-state index contributed by atoms with van der Waals surface area (Å²) in [5.74, 6) is -0.660. The second-order valence-corrected chi connectivity index (χ2v) is 13.8. The summed E-state index contributed by atoms with van der Waals surface area (Å²) in [6, 6.07) is 5.86. The zero-order chi connectivity index (χ0) is 33.2. The molecular weight excluding hydrogens is 640 g/mol. The Hall–Kier alpha value is -3.84. The van der Waals surface area contributed by atoms with Crippen molar-refractivity contribution in [1.29, 1.82) is 5.41 Å². The van der Waals surface area contributed by atoms with E-state index in [1.54, 1.807) is 0 Å². The Labute approximate surface area is 270 Å². The Morgan fingerprint density at radius 2 is 2.02 bits per heavy atom. The van der Waals surface area contributed by atoms with Crippen LogP contribution in [0.2, 0.25) is 0 Å². The quantitative estimate of drug-likeness (QED) is 0.0615. The molecule has 2 saturated heterocycles. The van der Waals surface area contributed by atoms with Crippen LogP contribution in [-0.4, -0.2) is 101 Å². The van der Waals surface area contributed by atoms with Gasteiger partial charge in [-0.15, -0.1) is 15.6 Å². The second kappa shape index (κ2) is 13.5. The van der Waals surface area contributed by atoms with Gasteiger partial charge in [-0.2, -0.15) is 13.5 Å². The van der Waals surface area contributed by atoms with E-state index in [0.29, 0.717) is 35.8 Å². The summed E-state index contributed by atoms with van der Waals surface area (Å²) in [6.07, 6.45) is 1.46. The van der Waals surface area contributed by atoms with E-state index in [9.17, 15) is 18.0 Å². The van der Waals surface area contributed by atoms with E-state index in [2.05, 4.69) is 24.2 Å². The summed E-state index contributed by atoms with van der Waals surface area (Å²) in [4.78, 5) is 39.5. The average molecular weight is 679 g/mol. The number of rotatable bonds is 12. The van der Waals surface area contributed by atoms with Gasteiger partial charge in [-0.3, -0.25) is 19.6 Å². The minimum atomic E-state index is -4.92. The molecule has 4 heterocycles. The highest BCUT2D eigenvalue weighted by Crippen LogP contribution is 2.40. The molecule has 5 rings (SSSR count). The van der Waals surface area contributed by atoms with Gasteiger partial charge in [0.25, 0.3) is 5.91 Å². The Morgan fingerprint density at radius 1 is 1.24 bits per heavy atom. The number of fused-ring (bicyclic) bond motifs is 1. The lowest BCUT2D eigenvalue weighted by molar-refractivity contribution is -0.228. The third-order valence-electron chi connectivity index (χ3n) is 8.47. The van der Waals surface area contributed by atoms with Crippen LogP contribution >= 0.6 is 11.3 Å². The average Bonchev–Trinajstić information content (AvgIpc) is 3.68. The first kappa shape index (κ1) is 33.5. The monoisotopic (exact) mass is 678 g/mol. The fraction of sp³-hybridized carbons (Fsp3) is 0.536. The third-order valence-corrected chi connectivity index (χ3v) is 9.48. The zero-order valence-corrected chi connectivity index (χ0v) is 27.2. The van der Waals surface area contributed by atoms with Gasteiger partial charge in [0.15, 0.2) is 29.2 Å². The Balaban J connectivity index is 1.14. The number of nitrogen functional groups attached to an aromatic ring is 1. The number of hydrogen-bond acceptors (Lipinski definition) is 13. The lowest BCUT2D eigenvalue weighted by Gasteiger charge is -2.50. The number of anilines is 1. The fourth-order valence-electron chi connectivity index (χ4n) is 5.81. The van der Waals surface area contributed by atoms with Crippen molar-refractivity contribution in [1.82, 2.24) is 19.8 Å². The van der Waals surface area contributed by atoms with Crippen molar-refractivity contribution in [3.05, 3.63) is 40.4 Å². The maximum atomic E-state index is 13.2. The molecule has 1 aromatic heterocycles. The molecule has 2 atom stereocenters. The van der Waals surface area contributed by atoms with E-state index in [4.69, 9.17) is 31.0 Å². The molecule has 0 saturated carbocycles. The van der Waals surface area contributed by atoms with Crippen LogP contribution in [0.25, 0.3) is 0 Å². The Kier molecular flexibility index (Phi) is 9.83. The SMILES string of the molecule is CC1(C)C(CC(=O)/C(=N\OCCOc2ccc3c(c2)CCN(C(=N)N2CCC(CN)C2)C3)c2csc(N)n2)C(=O)N1OS(=O)(=O)O. The number of nitrogens with zero attached hydrogens (tertiary/aromatic N) is 5. The molecule has 3 aliphatic heterocycles. The van der Waals surface area contributed by atoms with Crippen molar-refractivity contribution in [2.45, 2.75) is 45.2 Å². The molecular formula is C28H38N8O8S2. The number of hydroxylamine groups is 2. The van der Waals surface area contributed by atoms with Crippen molar-refractivity contribution < 1.29 is 36.4 Å². The number of aromatic nitrogens is 1. The summed E-state index contributed by atoms with van der Waals surface area (Å²) in [7, 11) is -4.92. The van der Waals surface area contributed by atoms with Crippen LogP contribution in [0, 0.1) is 17.2 Å². The first-order valence-corrected chi connectivity index (χ1v) is 17.0. The summed E-state index contributed by atoms with van der Waals surface area (Å²) >= 11 is 1.10. The molecule has 6 N–H and O–H groups in total. The number of nitrogens with two attached hydrogens (primary N) is 2. The fourth-order valence-corrected chi connectivity index (χ4v) is 6.81. The number of carbonyl (C=O) groups is 2. The minimum absolute atomic E-state index is 0.00187. The lowest BCUT2D eigenvalue weighted by atomic mass is 9.74. The Bertz CT molecular complexity index is 1630. The summed E-state index contributed by atoms with van der Waals surface area (Å²) in [5.41, 5.74) is 12.7. The van der Waals surface area contributed by atoms with Crippen LogP contribution in [0.3, 0.4) is 0 Å². The smallest absolute Gasteiger partial charge is 0.418 e. The van der Waals surface area contributed by atoms with Gasteiger partial charge in [-0.05, 0) is 62.4 Å². The highest BCUT2D eigenvalue weighted by atomic mass is 32.3. The normalized spacial score (nSPS) is 21.2. The van der Waals surface area contributed by atoms with Crippen molar-refractivity contribution >= 4 is 50.2 Å². The molecule has 250 valence electrons. The van der Waals surface area contributed by atoms with Crippen LogP contribution in [0.4, 0.5) is 5.13 Å².